The van der Waals surface area contributed by atoms with Gasteiger partial charge in [-0.15, -0.1) is 12.4 Å². The van der Waals surface area contributed by atoms with Gasteiger partial charge in [0, 0.05) is 19.2 Å². The largest absolute Gasteiger partial charge is 0.348 e. The molecule has 0 radical (unpaired) electrons. The van der Waals surface area contributed by atoms with Gasteiger partial charge in [-0.25, -0.2) is 17.6 Å². The van der Waals surface area contributed by atoms with Crippen LogP contribution in [0.25, 0.3) is 0 Å². The van der Waals surface area contributed by atoms with Crippen LogP contribution in [0, 0.1) is 23.3 Å². The normalized spacial score (nSPS) is 14.2. The van der Waals surface area contributed by atoms with E-state index in [-0.39, 0.29) is 25.0 Å². The van der Waals surface area contributed by atoms with Crippen LogP contribution in [0.2, 0.25) is 0 Å². The molecule has 0 saturated carbocycles. The third-order valence-electron chi connectivity index (χ3n) is 2.97. The molecule has 1 heterocycles. The lowest BCUT2D eigenvalue weighted by Crippen LogP contribution is -2.31. The second-order valence-corrected chi connectivity index (χ2v) is 4.34. The quantitative estimate of drug-likeness (QED) is 0.509. The lowest BCUT2D eigenvalue weighted by atomic mass is 10.1. The Morgan fingerprint density at radius 2 is 1.81 bits per heavy atom. The zero-order valence-corrected chi connectivity index (χ0v) is 11.6. The molecule has 21 heavy (non-hydrogen) atoms. The molecule has 116 valence electrons. The third kappa shape index (κ3) is 3.95. The predicted octanol–water partition coefficient (Wildman–Crippen LogP) is 2.31. The van der Waals surface area contributed by atoms with Crippen molar-refractivity contribution in [3.05, 3.63) is 46.5 Å². The molecule has 0 saturated heterocycles. The molecule has 2 rings (SSSR count). The van der Waals surface area contributed by atoms with E-state index in [4.69, 9.17) is 0 Å². The molecule has 0 unspecified atom stereocenters. The minimum atomic E-state index is -1.69. The minimum Gasteiger partial charge on any atom is -0.348 e. The Labute approximate surface area is 124 Å². The Morgan fingerprint density at radius 3 is 2.33 bits per heavy atom. The van der Waals surface area contributed by atoms with E-state index < -0.39 is 34.7 Å². The minimum absolute atomic E-state index is 0. The first-order valence-electron chi connectivity index (χ1n) is 6.00. The molecule has 0 atom stereocenters. The molecular formula is C13H13ClF4N2O. The van der Waals surface area contributed by atoms with Crippen molar-refractivity contribution in [2.75, 3.05) is 19.6 Å². The van der Waals surface area contributed by atoms with Crippen molar-refractivity contribution < 1.29 is 22.4 Å². The Balaban J connectivity index is 0.00000220. The molecule has 0 fully saturated rings. The number of halogens is 5. The predicted molar refractivity (Wildman–Crippen MR) is 71.4 cm³/mol. The van der Waals surface area contributed by atoms with E-state index in [0.717, 1.165) is 12.1 Å². The van der Waals surface area contributed by atoms with Crippen molar-refractivity contribution >= 4 is 18.3 Å². The van der Waals surface area contributed by atoms with Gasteiger partial charge in [0.05, 0.1) is 0 Å². The van der Waals surface area contributed by atoms with E-state index >= 15 is 0 Å². The Kier molecular flexibility index (Phi) is 6.17. The summed E-state index contributed by atoms with van der Waals surface area (Å²) in [5.74, 6) is -7.77. The number of rotatable bonds is 3. The van der Waals surface area contributed by atoms with Crippen molar-refractivity contribution in [1.29, 1.82) is 0 Å². The number of hydrogen-bond acceptors (Lipinski definition) is 2. The fraction of sp³-hybridized carbons (Fsp3) is 0.308. The second-order valence-electron chi connectivity index (χ2n) is 4.34. The van der Waals surface area contributed by atoms with Gasteiger partial charge in [0.2, 0.25) is 0 Å². The monoisotopic (exact) mass is 324 g/mol. The van der Waals surface area contributed by atoms with Gasteiger partial charge in [0.1, 0.15) is 5.56 Å². The summed E-state index contributed by atoms with van der Waals surface area (Å²) in [4.78, 5) is 11.7. The van der Waals surface area contributed by atoms with Crippen LogP contribution in [0.15, 0.2) is 17.7 Å². The van der Waals surface area contributed by atoms with Crippen LogP contribution in [-0.4, -0.2) is 25.5 Å². The van der Waals surface area contributed by atoms with Gasteiger partial charge in [-0.05, 0) is 13.0 Å². The van der Waals surface area contributed by atoms with Gasteiger partial charge in [-0.2, -0.15) is 0 Å². The zero-order valence-electron chi connectivity index (χ0n) is 10.8. The van der Waals surface area contributed by atoms with Crippen LogP contribution >= 0.6 is 12.4 Å². The highest BCUT2D eigenvalue weighted by Crippen LogP contribution is 2.19. The van der Waals surface area contributed by atoms with E-state index in [9.17, 15) is 22.4 Å². The van der Waals surface area contributed by atoms with Crippen LogP contribution in [0.1, 0.15) is 16.8 Å². The van der Waals surface area contributed by atoms with Crippen molar-refractivity contribution in [2.45, 2.75) is 6.42 Å². The first kappa shape index (κ1) is 17.5. The number of hydrogen-bond donors (Lipinski definition) is 2. The maximum atomic E-state index is 13.4. The maximum absolute atomic E-state index is 13.4. The molecule has 1 aliphatic heterocycles. The number of carbonyl (C=O) groups is 1. The van der Waals surface area contributed by atoms with Crippen molar-refractivity contribution in [2.24, 2.45) is 0 Å². The lowest BCUT2D eigenvalue weighted by Gasteiger charge is -2.15. The van der Waals surface area contributed by atoms with Crippen molar-refractivity contribution in [3.8, 4) is 0 Å². The topological polar surface area (TPSA) is 41.1 Å². The van der Waals surface area contributed by atoms with E-state index in [1.807, 2.05) is 6.08 Å². The van der Waals surface area contributed by atoms with Gasteiger partial charge in [-0.3, -0.25) is 4.79 Å². The molecule has 0 spiro atoms. The number of nitrogens with one attached hydrogen (secondary N) is 2. The summed E-state index contributed by atoms with van der Waals surface area (Å²) in [5.41, 5.74) is -0.355. The summed E-state index contributed by atoms with van der Waals surface area (Å²) in [6.07, 6.45) is 2.52. The molecule has 0 aliphatic carbocycles. The fourth-order valence-electron chi connectivity index (χ4n) is 1.88. The number of carbonyl (C=O) groups excluding carboxylic acids is 1. The summed E-state index contributed by atoms with van der Waals surface area (Å²) >= 11 is 0. The smallest absolute Gasteiger partial charge is 0.257 e. The fourth-order valence-corrected chi connectivity index (χ4v) is 1.88. The maximum Gasteiger partial charge on any atom is 0.257 e. The summed E-state index contributed by atoms with van der Waals surface area (Å²) in [5, 5.41) is 5.32. The van der Waals surface area contributed by atoms with Gasteiger partial charge in [-0.1, -0.05) is 11.6 Å². The molecule has 1 amide bonds. The summed E-state index contributed by atoms with van der Waals surface area (Å²) < 4.78 is 52.8. The van der Waals surface area contributed by atoms with Gasteiger partial charge in [0.25, 0.3) is 5.91 Å². The summed E-state index contributed by atoms with van der Waals surface area (Å²) in [6, 6.07) is 0.0662. The van der Waals surface area contributed by atoms with Gasteiger partial charge < -0.3 is 10.6 Å². The molecular weight excluding hydrogens is 312 g/mol. The van der Waals surface area contributed by atoms with E-state index in [1.54, 1.807) is 0 Å². The molecule has 8 heteroatoms. The van der Waals surface area contributed by atoms with E-state index in [2.05, 4.69) is 10.6 Å². The third-order valence-corrected chi connectivity index (χ3v) is 2.97. The second kappa shape index (κ2) is 7.42. The molecule has 0 aromatic heterocycles. The SMILES string of the molecule is Cl.O=C(NCC1=CCNCC1)c1c(F)c(F)cc(F)c1F. The molecule has 1 aromatic carbocycles. The van der Waals surface area contributed by atoms with Gasteiger partial charge in [0.15, 0.2) is 23.3 Å². The van der Waals surface area contributed by atoms with Crippen LogP contribution in [0.4, 0.5) is 17.6 Å². The first-order chi connectivity index (χ1) is 9.50. The highest BCUT2D eigenvalue weighted by atomic mass is 35.5. The van der Waals surface area contributed by atoms with Crippen LogP contribution in [0.3, 0.4) is 0 Å². The molecule has 3 nitrogen and oxygen atoms in total. The van der Waals surface area contributed by atoms with Crippen LogP contribution in [-0.2, 0) is 0 Å². The van der Waals surface area contributed by atoms with Gasteiger partial charge >= 0.3 is 0 Å². The van der Waals surface area contributed by atoms with Crippen molar-refractivity contribution in [3.63, 3.8) is 0 Å². The Hall–Kier alpha value is -1.60. The first-order valence-corrected chi connectivity index (χ1v) is 6.00. The summed E-state index contributed by atoms with van der Waals surface area (Å²) in [6.45, 7) is 1.46. The van der Waals surface area contributed by atoms with E-state index in [1.165, 1.54) is 0 Å². The zero-order chi connectivity index (χ0) is 14.7. The Bertz CT molecular complexity index is 552. The Morgan fingerprint density at radius 1 is 1.19 bits per heavy atom. The van der Waals surface area contributed by atoms with Crippen LogP contribution in [0.5, 0.6) is 0 Å². The van der Waals surface area contributed by atoms with Crippen LogP contribution < -0.4 is 10.6 Å². The standard InChI is InChI=1S/C13H12F4N2O.ClH/c14-8-5-9(15)12(17)10(11(8)16)13(20)19-6-7-1-3-18-4-2-7;/h1,5,18H,2-4,6H2,(H,19,20);1H. The molecule has 0 bridgehead atoms. The molecule has 2 N–H and O–H groups in total. The lowest BCUT2D eigenvalue weighted by molar-refractivity contribution is 0.0945. The molecule has 1 aromatic rings. The van der Waals surface area contributed by atoms with Crippen molar-refractivity contribution in [1.82, 2.24) is 10.6 Å². The molecule has 1 aliphatic rings. The average Bonchev–Trinajstić information content (AvgIpc) is 2.44. The number of benzene rings is 1. The highest BCUT2D eigenvalue weighted by Gasteiger charge is 2.24. The average molecular weight is 325 g/mol. The summed E-state index contributed by atoms with van der Waals surface area (Å²) in [7, 11) is 0. The van der Waals surface area contributed by atoms with E-state index in [0.29, 0.717) is 13.0 Å². The highest BCUT2D eigenvalue weighted by molar-refractivity contribution is 5.95. The number of amides is 1.